The second-order valence-corrected chi connectivity index (χ2v) is 7.38. The standard InChI is InChI=1S/C20H22N6O3/c27-20(12-24-7-5-15(6-8-24)25-14-21-13-22-25)26-17(19-4-2-10-29-19)11-16(23-26)18-3-1-9-28-18/h1-4,9-10,13-15,17H,5-8,11-12H2. The van der Waals surface area contributed by atoms with Gasteiger partial charge in [-0.2, -0.15) is 10.2 Å². The Morgan fingerprint density at radius 2 is 1.97 bits per heavy atom. The molecule has 2 aliphatic heterocycles. The van der Waals surface area contributed by atoms with Gasteiger partial charge in [0.15, 0.2) is 0 Å². The topological polar surface area (TPSA) is 92.9 Å². The second kappa shape index (κ2) is 7.67. The van der Waals surface area contributed by atoms with Crippen LogP contribution in [-0.4, -0.2) is 55.9 Å². The summed E-state index contributed by atoms with van der Waals surface area (Å²) in [6.45, 7) is 2.00. The number of furan rings is 2. The Kier molecular flexibility index (Phi) is 4.73. The van der Waals surface area contributed by atoms with Gasteiger partial charge >= 0.3 is 0 Å². The Balaban J connectivity index is 1.27. The molecule has 1 atom stereocenters. The van der Waals surface area contributed by atoms with Crippen molar-refractivity contribution in [3.63, 3.8) is 0 Å². The van der Waals surface area contributed by atoms with Crippen LogP contribution in [0.3, 0.4) is 0 Å². The van der Waals surface area contributed by atoms with Gasteiger partial charge in [0.1, 0.15) is 35.9 Å². The maximum Gasteiger partial charge on any atom is 0.257 e. The van der Waals surface area contributed by atoms with Crippen LogP contribution < -0.4 is 0 Å². The van der Waals surface area contributed by atoms with Crippen molar-refractivity contribution in [1.29, 1.82) is 0 Å². The molecule has 29 heavy (non-hydrogen) atoms. The Morgan fingerprint density at radius 1 is 1.14 bits per heavy atom. The normalized spacial score (nSPS) is 20.9. The van der Waals surface area contributed by atoms with Gasteiger partial charge in [0.2, 0.25) is 0 Å². The fourth-order valence-corrected chi connectivity index (χ4v) is 4.05. The molecular formula is C20H22N6O3. The number of amides is 1. The van der Waals surface area contributed by atoms with E-state index in [1.54, 1.807) is 30.2 Å². The van der Waals surface area contributed by atoms with Crippen LogP contribution in [0.25, 0.3) is 0 Å². The Morgan fingerprint density at radius 3 is 2.66 bits per heavy atom. The lowest BCUT2D eigenvalue weighted by molar-refractivity contribution is -0.134. The van der Waals surface area contributed by atoms with Crippen LogP contribution in [-0.2, 0) is 4.79 Å². The lowest BCUT2D eigenvalue weighted by atomic mass is 10.1. The van der Waals surface area contributed by atoms with Crippen molar-refractivity contribution in [2.24, 2.45) is 5.10 Å². The lowest BCUT2D eigenvalue weighted by Gasteiger charge is -2.32. The number of aromatic nitrogens is 3. The molecule has 0 radical (unpaired) electrons. The molecule has 3 aromatic rings. The van der Waals surface area contributed by atoms with Gasteiger partial charge in [0, 0.05) is 19.5 Å². The number of hydrogen-bond donors (Lipinski definition) is 0. The van der Waals surface area contributed by atoms with Gasteiger partial charge in [0.05, 0.1) is 25.1 Å². The van der Waals surface area contributed by atoms with Gasteiger partial charge in [-0.25, -0.2) is 14.7 Å². The summed E-state index contributed by atoms with van der Waals surface area (Å²) in [5.74, 6) is 1.38. The molecule has 1 fully saturated rings. The molecule has 0 spiro atoms. The number of carbonyl (C=O) groups is 1. The highest BCUT2D eigenvalue weighted by atomic mass is 16.3. The van der Waals surface area contributed by atoms with E-state index in [1.165, 1.54) is 0 Å². The van der Waals surface area contributed by atoms with Crippen molar-refractivity contribution in [3.8, 4) is 0 Å². The first-order valence-corrected chi connectivity index (χ1v) is 9.81. The SMILES string of the molecule is O=C(CN1CCC(n2cncn2)CC1)N1N=C(c2ccco2)CC1c1ccco1. The van der Waals surface area contributed by atoms with Gasteiger partial charge in [-0.15, -0.1) is 0 Å². The third-order valence-corrected chi connectivity index (χ3v) is 5.57. The smallest absolute Gasteiger partial charge is 0.257 e. The predicted molar refractivity (Wildman–Crippen MR) is 103 cm³/mol. The zero-order valence-corrected chi connectivity index (χ0v) is 15.9. The molecule has 3 aromatic heterocycles. The number of rotatable bonds is 5. The summed E-state index contributed by atoms with van der Waals surface area (Å²) in [6.07, 6.45) is 9.02. The van der Waals surface area contributed by atoms with Crippen LogP contribution in [0, 0.1) is 0 Å². The van der Waals surface area contributed by atoms with Gasteiger partial charge < -0.3 is 8.83 Å². The highest BCUT2D eigenvalue weighted by Crippen LogP contribution is 2.33. The average molecular weight is 394 g/mol. The summed E-state index contributed by atoms with van der Waals surface area (Å²) in [4.78, 5) is 19.3. The van der Waals surface area contributed by atoms with Gasteiger partial charge in [-0.1, -0.05) is 0 Å². The number of hydrazone groups is 1. The average Bonchev–Trinajstić information content (AvgIpc) is 3.55. The molecule has 0 saturated carbocycles. The first-order chi connectivity index (χ1) is 14.3. The molecule has 9 heteroatoms. The molecule has 2 aliphatic rings. The van der Waals surface area contributed by atoms with Crippen LogP contribution in [0.15, 0.2) is 63.4 Å². The van der Waals surface area contributed by atoms with E-state index >= 15 is 0 Å². The predicted octanol–water partition coefficient (Wildman–Crippen LogP) is 2.48. The fourth-order valence-electron chi connectivity index (χ4n) is 4.05. The molecule has 0 N–H and O–H groups in total. The quantitative estimate of drug-likeness (QED) is 0.660. The monoisotopic (exact) mass is 394 g/mol. The van der Waals surface area contributed by atoms with Crippen LogP contribution in [0.1, 0.15) is 42.9 Å². The third kappa shape index (κ3) is 3.61. The molecule has 1 saturated heterocycles. The Hall–Kier alpha value is -3.20. The van der Waals surface area contributed by atoms with E-state index in [0.29, 0.717) is 24.8 Å². The molecule has 1 amide bonds. The highest BCUT2D eigenvalue weighted by Gasteiger charge is 2.36. The highest BCUT2D eigenvalue weighted by molar-refractivity contribution is 6.01. The van der Waals surface area contributed by atoms with Gasteiger partial charge in [0.25, 0.3) is 5.91 Å². The van der Waals surface area contributed by atoms with Crippen molar-refractivity contribution in [1.82, 2.24) is 24.7 Å². The summed E-state index contributed by atoms with van der Waals surface area (Å²) < 4.78 is 13.0. The number of hydrogen-bond acceptors (Lipinski definition) is 7. The fraction of sp³-hybridized carbons (Fsp3) is 0.400. The molecule has 9 nitrogen and oxygen atoms in total. The third-order valence-electron chi connectivity index (χ3n) is 5.57. The van der Waals surface area contributed by atoms with Crippen molar-refractivity contribution >= 4 is 11.6 Å². The Bertz CT molecular complexity index is 956. The minimum absolute atomic E-state index is 0.0350. The molecule has 1 unspecified atom stereocenters. The molecule has 5 rings (SSSR count). The van der Waals surface area contributed by atoms with E-state index in [2.05, 4.69) is 20.1 Å². The van der Waals surface area contributed by atoms with Crippen molar-refractivity contribution < 1.29 is 13.6 Å². The van der Waals surface area contributed by atoms with Gasteiger partial charge in [-0.3, -0.25) is 9.69 Å². The molecular weight excluding hydrogens is 372 g/mol. The van der Waals surface area contributed by atoms with Crippen molar-refractivity contribution in [2.75, 3.05) is 19.6 Å². The molecule has 0 aliphatic carbocycles. The zero-order valence-electron chi connectivity index (χ0n) is 15.9. The summed E-state index contributed by atoms with van der Waals surface area (Å²) in [5, 5.41) is 10.4. The number of piperidine rings is 1. The minimum atomic E-state index is -0.245. The molecule has 5 heterocycles. The van der Waals surface area contributed by atoms with E-state index in [0.717, 1.165) is 37.4 Å². The van der Waals surface area contributed by atoms with E-state index in [1.807, 2.05) is 28.9 Å². The zero-order chi connectivity index (χ0) is 19.6. The minimum Gasteiger partial charge on any atom is -0.467 e. The molecule has 150 valence electrons. The maximum atomic E-state index is 13.1. The van der Waals surface area contributed by atoms with Gasteiger partial charge in [-0.05, 0) is 37.1 Å². The van der Waals surface area contributed by atoms with Crippen LogP contribution in [0.4, 0.5) is 0 Å². The molecule has 0 aromatic carbocycles. The second-order valence-electron chi connectivity index (χ2n) is 7.38. The lowest BCUT2D eigenvalue weighted by Crippen LogP contribution is -2.42. The summed E-state index contributed by atoms with van der Waals surface area (Å²) in [6, 6.07) is 7.50. The van der Waals surface area contributed by atoms with E-state index in [4.69, 9.17) is 8.83 Å². The van der Waals surface area contributed by atoms with Crippen molar-refractivity contribution in [3.05, 3.63) is 61.0 Å². The summed E-state index contributed by atoms with van der Waals surface area (Å²) in [7, 11) is 0. The van der Waals surface area contributed by atoms with Crippen molar-refractivity contribution in [2.45, 2.75) is 31.3 Å². The summed E-state index contributed by atoms with van der Waals surface area (Å²) >= 11 is 0. The number of likely N-dealkylation sites (tertiary alicyclic amines) is 1. The van der Waals surface area contributed by atoms with Crippen LogP contribution in [0.2, 0.25) is 0 Å². The van der Waals surface area contributed by atoms with E-state index < -0.39 is 0 Å². The van der Waals surface area contributed by atoms with Crippen LogP contribution >= 0.6 is 0 Å². The number of carbonyl (C=O) groups excluding carboxylic acids is 1. The maximum absolute atomic E-state index is 13.1. The largest absolute Gasteiger partial charge is 0.467 e. The first-order valence-electron chi connectivity index (χ1n) is 9.81. The first kappa shape index (κ1) is 17.9. The van der Waals surface area contributed by atoms with Crippen LogP contribution in [0.5, 0.6) is 0 Å². The van der Waals surface area contributed by atoms with E-state index in [9.17, 15) is 4.79 Å². The number of nitrogens with zero attached hydrogens (tertiary/aromatic N) is 6. The molecule has 0 bridgehead atoms. The Labute approximate surface area is 167 Å². The van der Waals surface area contributed by atoms with E-state index in [-0.39, 0.29) is 11.9 Å². The summed E-state index contributed by atoms with van der Waals surface area (Å²) in [5.41, 5.74) is 0.759.